The maximum Gasteiger partial charge on any atom is 0.224 e. The highest BCUT2D eigenvalue weighted by atomic mass is 16.1. The molecule has 18 heavy (non-hydrogen) atoms. The number of nitrogens with one attached hydrogen (secondary N) is 2. The van der Waals surface area contributed by atoms with Crippen molar-refractivity contribution in [3.63, 3.8) is 0 Å². The summed E-state index contributed by atoms with van der Waals surface area (Å²) in [7, 11) is 0. The molecule has 1 heterocycles. The minimum Gasteiger partial charge on any atom is -0.399 e. The van der Waals surface area contributed by atoms with Gasteiger partial charge < -0.3 is 11.1 Å². The van der Waals surface area contributed by atoms with E-state index in [1.165, 1.54) is 0 Å². The summed E-state index contributed by atoms with van der Waals surface area (Å²) in [6, 6.07) is 7.25. The fourth-order valence-corrected chi connectivity index (χ4v) is 1.69. The molecule has 5 heteroatoms. The Bertz CT molecular complexity index is 504. The summed E-state index contributed by atoms with van der Waals surface area (Å²) in [5.41, 5.74) is 8.20. The lowest BCUT2D eigenvalue weighted by Gasteiger charge is -2.12. The number of hydrogen-bond acceptors (Lipinski definition) is 3. The van der Waals surface area contributed by atoms with E-state index in [9.17, 15) is 4.79 Å². The molecule has 0 aliphatic heterocycles. The number of benzene rings is 1. The lowest BCUT2D eigenvalue weighted by molar-refractivity contribution is -0.121. The first kappa shape index (κ1) is 12.2. The van der Waals surface area contributed by atoms with Crippen LogP contribution >= 0.6 is 0 Å². The van der Waals surface area contributed by atoms with E-state index in [1.807, 2.05) is 19.1 Å². The third-order valence-electron chi connectivity index (χ3n) is 2.74. The number of aromatic amines is 1. The summed E-state index contributed by atoms with van der Waals surface area (Å²) in [4.78, 5) is 11.8. The van der Waals surface area contributed by atoms with E-state index >= 15 is 0 Å². The normalized spacial score (nSPS) is 12.1. The van der Waals surface area contributed by atoms with Gasteiger partial charge in [0.1, 0.15) is 0 Å². The van der Waals surface area contributed by atoms with Crippen LogP contribution in [0.25, 0.3) is 0 Å². The van der Waals surface area contributed by atoms with E-state index in [2.05, 4.69) is 15.5 Å². The number of carbonyl (C=O) groups excluding carboxylic acids is 1. The summed E-state index contributed by atoms with van der Waals surface area (Å²) in [6.45, 7) is 1.92. The zero-order valence-electron chi connectivity index (χ0n) is 10.2. The van der Waals surface area contributed by atoms with E-state index < -0.39 is 0 Å². The van der Waals surface area contributed by atoms with E-state index in [4.69, 9.17) is 5.73 Å². The quantitative estimate of drug-likeness (QED) is 0.711. The van der Waals surface area contributed by atoms with Crippen molar-refractivity contribution in [1.29, 1.82) is 0 Å². The molecule has 2 rings (SSSR count). The predicted octanol–water partition coefficient (Wildman–Crippen LogP) is 1.41. The predicted molar refractivity (Wildman–Crippen MR) is 69.7 cm³/mol. The van der Waals surface area contributed by atoms with Gasteiger partial charge >= 0.3 is 0 Å². The van der Waals surface area contributed by atoms with Crippen molar-refractivity contribution in [2.45, 2.75) is 19.4 Å². The van der Waals surface area contributed by atoms with Gasteiger partial charge in [-0.05, 0) is 24.6 Å². The number of rotatable bonds is 4. The van der Waals surface area contributed by atoms with Crippen molar-refractivity contribution in [3.05, 3.63) is 47.8 Å². The molecule has 2 aromatic rings. The third-order valence-corrected chi connectivity index (χ3v) is 2.74. The summed E-state index contributed by atoms with van der Waals surface area (Å²) in [6.07, 6.45) is 3.82. The molecule has 0 saturated heterocycles. The van der Waals surface area contributed by atoms with Crippen LogP contribution in [0.3, 0.4) is 0 Å². The van der Waals surface area contributed by atoms with E-state index in [0.29, 0.717) is 12.1 Å². The summed E-state index contributed by atoms with van der Waals surface area (Å²) in [5, 5.41) is 9.49. The van der Waals surface area contributed by atoms with Crippen LogP contribution in [0.2, 0.25) is 0 Å². The van der Waals surface area contributed by atoms with Gasteiger partial charge in [-0.2, -0.15) is 5.10 Å². The first-order chi connectivity index (χ1) is 8.65. The molecule has 4 N–H and O–H groups in total. The number of carbonyl (C=O) groups is 1. The minimum atomic E-state index is -0.0509. The molecule has 0 saturated carbocycles. The number of amides is 1. The topological polar surface area (TPSA) is 83.8 Å². The largest absolute Gasteiger partial charge is 0.399 e. The highest BCUT2D eigenvalue weighted by Gasteiger charge is 2.10. The lowest BCUT2D eigenvalue weighted by atomic mass is 10.1. The summed E-state index contributed by atoms with van der Waals surface area (Å²) in [5.74, 6) is -0.0199. The number of hydrogen-bond donors (Lipinski definition) is 3. The second kappa shape index (κ2) is 5.35. The van der Waals surface area contributed by atoms with Gasteiger partial charge in [0.25, 0.3) is 0 Å². The molecule has 0 fully saturated rings. The zero-order chi connectivity index (χ0) is 13.0. The number of nitrogens with two attached hydrogens (primary N) is 1. The number of anilines is 1. The van der Waals surface area contributed by atoms with Crippen molar-refractivity contribution >= 4 is 11.6 Å². The Morgan fingerprint density at radius 1 is 1.44 bits per heavy atom. The Morgan fingerprint density at radius 2 is 2.17 bits per heavy atom. The molecular weight excluding hydrogens is 228 g/mol. The van der Waals surface area contributed by atoms with Crippen molar-refractivity contribution < 1.29 is 4.79 Å². The van der Waals surface area contributed by atoms with Crippen LogP contribution in [0.15, 0.2) is 36.7 Å². The molecule has 0 aliphatic rings. The average molecular weight is 244 g/mol. The van der Waals surface area contributed by atoms with Crippen molar-refractivity contribution in [1.82, 2.24) is 15.5 Å². The molecule has 0 bridgehead atoms. The highest BCUT2D eigenvalue weighted by molar-refractivity contribution is 5.79. The van der Waals surface area contributed by atoms with Crippen LogP contribution in [-0.2, 0) is 11.2 Å². The van der Waals surface area contributed by atoms with E-state index in [1.54, 1.807) is 24.5 Å². The molecule has 1 aromatic carbocycles. The fourth-order valence-electron chi connectivity index (χ4n) is 1.69. The average Bonchev–Trinajstić information content (AvgIpc) is 2.85. The van der Waals surface area contributed by atoms with Crippen LogP contribution in [-0.4, -0.2) is 16.1 Å². The van der Waals surface area contributed by atoms with Crippen molar-refractivity contribution in [3.8, 4) is 0 Å². The maximum atomic E-state index is 11.8. The van der Waals surface area contributed by atoms with Gasteiger partial charge in [-0.25, -0.2) is 0 Å². The Hall–Kier alpha value is -2.30. The first-order valence-corrected chi connectivity index (χ1v) is 5.77. The van der Waals surface area contributed by atoms with Gasteiger partial charge in [0.15, 0.2) is 0 Å². The van der Waals surface area contributed by atoms with Crippen LogP contribution in [0.4, 0.5) is 5.69 Å². The lowest BCUT2D eigenvalue weighted by Crippen LogP contribution is -2.27. The Kier molecular flexibility index (Phi) is 3.62. The standard InChI is InChI=1S/C13H16N4O/c1-9(11-7-15-16-8-11)17-13(18)6-10-2-4-12(14)5-3-10/h2-5,7-9H,6,14H2,1H3,(H,15,16)(H,17,18). The molecule has 94 valence electrons. The van der Waals surface area contributed by atoms with Gasteiger partial charge in [-0.1, -0.05) is 12.1 Å². The number of aromatic nitrogens is 2. The number of H-pyrrole nitrogens is 1. The zero-order valence-corrected chi connectivity index (χ0v) is 10.2. The Balaban J connectivity index is 1.91. The molecule has 5 nitrogen and oxygen atoms in total. The molecule has 0 radical (unpaired) electrons. The first-order valence-electron chi connectivity index (χ1n) is 5.77. The molecule has 0 aliphatic carbocycles. The van der Waals surface area contributed by atoms with Crippen LogP contribution < -0.4 is 11.1 Å². The molecule has 1 unspecified atom stereocenters. The molecular formula is C13H16N4O. The fraction of sp³-hybridized carbons (Fsp3) is 0.231. The second-order valence-electron chi connectivity index (χ2n) is 4.24. The Labute approximate surface area is 105 Å². The SMILES string of the molecule is CC(NC(=O)Cc1ccc(N)cc1)c1cn[nH]c1. The third kappa shape index (κ3) is 3.10. The van der Waals surface area contributed by atoms with Gasteiger partial charge in [-0.3, -0.25) is 9.89 Å². The van der Waals surface area contributed by atoms with Gasteiger partial charge in [-0.15, -0.1) is 0 Å². The number of nitrogens with zero attached hydrogens (tertiary/aromatic N) is 1. The monoisotopic (exact) mass is 244 g/mol. The molecule has 1 aromatic heterocycles. The highest BCUT2D eigenvalue weighted by Crippen LogP contribution is 2.10. The minimum absolute atomic E-state index is 0.0199. The van der Waals surface area contributed by atoms with Gasteiger partial charge in [0.05, 0.1) is 18.7 Å². The van der Waals surface area contributed by atoms with Crippen LogP contribution in [0.1, 0.15) is 24.1 Å². The maximum absolute atomic E-state index is 11.8. The number of nitrogen functional groups attached to an aromatic ring is 1. The van der Waals surface area contributed by atoms with Crippen molar-refractivity contribution in [2.24, 2.45) is 0 Å². The van der Waals surface area contributed by atoms with Gasteiger partial charge in [0.2, 0.25) is 5.91 Å². The molecule has 0 spiro atoms. The van der Waals surface area contributed by atoms with Gasteiger partial charge in [0, 0.05) is 17.4 Å². The van der Waals surface area contributed by atoms with Crippen LogP contribution in [0.5, 0.6) is 0 Å². The van der Waals surface area contributed by atoms with E-state index in [-0.39, 0.29) is 11.9 Å². The second-order valence-corrected chi connectivity index (χ2v) is 4.24. The molecule has 1 atom stereocenters. The van der Waals surface area contributed by atoms with Crippen molar-refractivity contribution in [2.75, 3.05) is 5.73 Å². The Morgan fingerprint density at radius 3 is 2.78 bits per heavy atom. The van der Waals surface area contributed by atoms with E-state index in [0.717, 1.165) is 11.1 Å². The molecule has 1 amide bonds. The van der Waals surface area contributed by atoms with Crippen LogP contribution in [0, 0.1) is 0 Å². The smallest absolute Gasteiger partial charge is 0.224 e. The summed E-state index contributed by atoms with van der Waals surface area (Å²) < 4.78 is 0. The summed E-state index contributed by atoms with van der Waals surface area (Å²) >= 11 is 0.